The predicted octanol–water partition coefficient (Wildman–Crippen LogP) is 2.96. The molecule has 1 aromatic heterocycles. The van der Waals surface area contributed by atoms with Crippen LogP contribution in [0.5, 0.6) is 0 Å². The lowest BCUT2D eigenvalue weighted by Crippen LogP contribution is -2.15. The number of ether oxygens (including phenoxy) is 1. The van der Waals surface area contributed by atoms with Gasteiger partial charge in [-0.25, -0.2) is 9.18 Å². The number of para-hydroxylation sites is 1. The highest BCUT2D eigenvalue weighted by Crippen LogP contribution is 2.31. The summed E-state index contributed by atoms with van der Waals surface area (Å²) in [5.41, 5.74) is 0.757. The molecule has 0 saturated carbocycles. The van der Waals surface area contributed by atoms with Crippen LogP contribution < -0.4 is 0 Å². The molecule has 0 saturated heterocycles. The predicted molar refractivity (Wildman–Crippen MR) is 73.9 cm³/mol. The molecule has 4 nitrogen and oxygen atoms in total. The van der Waals surface area contributed by atoms with Gasteiger partial charge in [0.05, 0.1) is 12.1 Å². The molecular weight excluding hydrogens is 261 g/mol. The topological polar surface area (TPSA) is 51.5 Å². The SMILES string of the molecule is CCOC(=O)C(O)c1cn(C(C)C)c2c(F)cccc12. The van der Waals surface area contributed by atoms with Crippen LogP contribution in [-0.4, -0.2) is 22.2 Å². The zero-order valence-electron chi connectivity index (χ0n) is 11.8. The van der Waals surface area contributed by atoms with Gasteiger partial charge in [-0.1, -0.05) is 12.1 Å². The van der Waals surface area contributed by atoms with Gasteiger partial charge >= 0.3 is 5.97 Å². The number of aliphatic hydroxyl groups excluding tert-OH is 1. The smallest absolute Gasteiger partial charge is 0.339 e. The quantitative estimate of drug-likeness (QED) is 0.875. The van der Waals surface area contributed by atoms with E-state index in [9.17, 15) is 14.3 Å². The number of rotatable bonds is 4. The lowest BCUT2D eigenvalue weighted by Gasteiger charge is -2.09. The lowest BCUT2D eigenvalue weighted by molar-refractivity contribution is -0.153. The zero-order valence-corrected chi connectivity index (χ0v) is 11.8. The second kappa shape index (κ2) is 5.63. The van der Waals surface area contributed by atoms with Crippen LogP contribution in [0.25, 0.3) is 10.9 Å². The zero-order chi connectivity index (χ0) is 14.9. The van der Waals surface area contributed by atoms with Gasteiger partial charge in [0.25, 0.3) is 0 Å². The van der Waals surface area contributed by atoms with Crippen molar-refractivity contribution in [3.8, 4) is 0 Å². The van der Waals surface area contributed by atoms with Crippen molar-refractivity contribution in [1.29, 1.82) is 0 Å². The van der Waals surface area contributed by atoms with Crippen LogP contribution in [0.2, 0.25) is 0 Å². The van der Waals surface area contributed by atoms with Crippen LogP contribution >= 0.6 is 0 Å². The van der Waals surface area contributed by atoms with Gasteiger partial charge in [-0.05, 0) is 26.8 Å². The number of halogens is 1. The van der Waals surface area contributed by atoms with Crippen molar-refractivity contribution in [3.63, 3.8) is 0 Å². The minimum Gasteiger partial charge on any atom is -0.464 e. The van der Waals surface area contributed by atoms with E-state index in [1.165, 1.54) is 6.07 Å². The average Bonchev–Trinajstić information content (AvgIpc) is 2.79. The van der Waals surface area contributed by atoms with Crippen molar-refractivity contribution in [3.05, 3.63) is 35.8 Å². The van der Waals surface area contributed by atoms with E-state index in [4.69, 9.17) is 4.74 Å². The Bertz CT molecular complexity index is 633. The molecule has 2 rings (SSSR count). The molecule has 0 amide bonds. The molecule has 2 aromatic rings. The molecule has 0 fully saturated rings. The molecule has 0 aliphatic rings. The van der Waals surface area contributed by atoms with Crippen molar-refractivity contribution in [2.45, 2.75) is 32.9 Å². The third kappa shape index (κ3) is 2.41. The molecule has 0 spiro atoms. The van der Waals surface area contributed by atoms with Gasteiger partial charge < -0.3 is 14.4 Å². The summed E-state index contributed by atoms with van der Waals surface area (Å²) in [4.78, 5) is 11.7. The molecule has 1 atom stereocenters. The number of aromatic nitrogens is 1. The Morgan fingerprint density at radius 2 is 2.15 bits per heavy atom. The van der Waals surface area contributed by atoms with E-state index in [1.807, 2.05) is 13.8 Å². The standard InChI is InChI=1S/C15H18FNO3/c1-4-20-15(19)14(18)11-8-17(9(2)3)13-10(11)6-5-7-12(13)16/h5-9,14,18H,4H2,1-3H3. The van der Waals surface area contributed by atoms with Crippen molar-refractivity contribution < 1.29 is 19.0 Å². The van der Waals surface area contributed by atoms with Gasteiger partial charge in [-0.2, -0.15) is 0 Å². The minimum atomic E-state index is -1.40. The van der Waals surface area contributed by atoms with Gasteiger partial charge in [0.2, 0.25) is 0 Å². The molecular formula is C15H18FNO3. The van der Waals surface area contributed by atoms with Gasteiger partial charge in [0.15, 0.2) is 6.10 Å². The maximum atomic E-state index is 14.0. The van der Waals surface area contributed by atoms with Gasteiger partial charge in [-0.3, -0.25) is 0 Å². The number of carbonyl (C=O) groups excluding carboxylic acids is 1. The number of hydrogen-bond acceptors (Lipinski definition) is 3. The Balaban J connectivity index is 2.60. The van der Waals surface area contributed by atoms with E-state index < -0.39 is 12.1 Å². The largest absolute Gasteiger partial charge is 0.464 e. The van der Waals surface area contributed by atoms with E-state index in [0.29, 0.717) is 16.5 Å². The maximum Gasteiger partial charge on any atom is 0.339 e. The summed E-state index contributed by atoms with van der Waals surface area (Å²) in [5.74, 6) is -1.10. The summed E-state index contributed by atoms with van der Waals surface area (Å²) < 4.78 is 20.5. The molecule has 0 aliphatic heterocycles. The summed E-state index contributed by atoms with van der Waals surface area (Å²) in [6.45, 7) is 5.67. The van der Waals surface area contributed by atoms with Crippen LogP contribution in [0, 0.1) is 5.82 Å². The third-order valence-corrected chi connectivity index (χ3v) is 3.19. The van der Waals surface area contributed by atoms with E-state index in [1.54, 1.807) is 29.8 Å². The Kier molecular flexibility index (Phi) is 4.09. The number of aliphatic hydroxyl groups is 1. The highest BCUT2D eigenvalue weighted by atomic mass is 19.1. The third-order valence-electron chi connectivity index (χ3n) is 3.19. The summed E-state index contributed by atoms with van der Waals surface area (Å²) >= 11 is 0. The van der Waals surface area contributed by atoms with Crippen LogP contribution in [0.3, 0.4) is 0 Å². The molecule has 5 heteroatoms. The van der Waals surface area contributed by atoms with Crippen molar-refractivity contribution in [2.24, 2.45) is 0 Å². The monoisotopic (exact) mass is 279 g/mol. The summed E-state index contributed by atoms with van der Waals surface area (Å²) in [6.07, 6.45) is 0.208. The van der Waals surface area contributed by atoms with Crippen LogP contribution in [-0.2, 0) is 9.53 Å². The lowest BCUT2D eigenvalue weighted by atomic mass is 10.1. The summed E-state index contributed by atoms with van der Waals surface area (Å²) in [7, 11) is 0. The molecule has 1 unspecified atom stereocenters. The van der Waals surface area contributed by atoms with Gasteiger partial charge in [0, 0.05) is 23.2 Å². The fourth-order valence-corrected chi connectivity index (χ4v) is 2.27. The first-order valence-corrected chi connectivity index (χ1v) is 6.61. The number of fused-ring (bicyclic) bond motifs is 1. The van der Waals surface area contributed by atoms with E-state index in [0.717, 1.165) is 0 Å². The number of esters is 1. The van der Waals surface area contributed by atoms with Crippen LogP contribution in [0.15, 0.2) is 24.4 Å². The van der Waals surface area contributed by atoms with E-state index in [-0.39, 0.29) is 18.5 Å². The Morgan fingerprint density at radius 3 is 2.75 bits per heavy atom. The molecule has 1 aromatic carbocycles. The number of nitrogens with zero attached hydrogens (tertiary/aromatic N) is 1. The van der Waals surface area contributed by atoms with Crippen LogP contribution in [0.1, 0.15) is 38.5 Å². The molecule has 0 bridgehead atoms. The second-order valence-electron chi connectivity index (χ2n) is 4.88. The number of benzene rings is 1. The molecule has 0 radical (unpaired) electrons. The first kappa shape index (κ1) is 14.5. The van der Waals surface area contributed by atoms with Gasteiger partial charge in [-0.15, -0.1) is 0 Å². The van der Waals surface area contributed by atoms with Crippen molar-refractivity contribution >= 4 is 16.9 Å². The number of hydrogen-bond donors (Lipinski definition) is 1. The fraction of sp³-hybridized carbons (Fsp3) is 0.400. The summed E-state index contributed by atoms with van der Waals surface area (Å²) in [6, 6.07) is 4.62. The average molecular weight is 279 g/mol. The fourth-order valence-electron chi connectivity index (χ4n) is 2.27. The van der Waals surface area contributed by atoms with E-state index in [2.05, 4.69) is 0 Å². The highest BCUT2D eigenvalue weighted by molar-refractivity contribution is 5.90. The molecule has 0 aliphatic carbocycles. The number of carbonyl (C=O) groups is 1. The molecule has 1 heterocycles. The first-order valence-electron chi connectivity index (χ1n) is 6.61. The van der Waals surface area contributed by atoms with Crippen molar-refractivity contribution in [1.82, 2.24) is 4.57 Å². The second-order valence-corrected chi connectivity index (χ2v) is 4.88. The molecule has 1 N–H and O–H groups in total. The molecule has 108 valence electrons. The first-order chi connectivity index (χ1) is 9.47. The Labute approximate surface area is 116 Å². The Hall–Kier alpha value is -1.88. The van der Waals surface area contributed by atoms with Crippen molar-refractivity contribution in [2.75, 3.05) is 6.61 Å². The summed E-state index contributed by atoms with van der Waals surface area (Å²) in [5, 5.41) is 10.6. The highest BCUT2D eigenvalue weighted by Gasteiger charge is 2.25. The minimum absolute atomic E-state index is 0.0116. The maximum absolute atomic E-state index is 14.0. The molecule has 20 heavy (non-hydrogen) atoms. The Morgan fingerprint density at radius 1 is 1.45 bits per heavy atom. The van der Waals surface area contributed by atoms with E-state index >= 15 is 0 Å². The van der Waals surface area contributed by atoms with Crippen LogP contribution in [0.4, 0.5) is 4.39 Å². The van der Waals surface area contributed by atoms with Gasteiger partial charge in [0.1, 0.15) is 5.82 Å². The normalized spacial score (nSPS) is 12.9.